The molecule has 3 atom stereocenters. The Morgan fingerprint density at radius 3 is 2.40 bits per heavy atom. The van der Waals surface area contributed by atoms with Crippen molar-refractivity contribution < 1.29 is 23.1 Å². The number of hydrogen-bond acceptors (Lipinski definition) is 5. The van der Waals surface area contributed by atoms with Crippen molar-refractivity contribution in [1.29, 1.82) is 5.26 Å². The molecular weight excluding hydrogens is 543 g/mol. The van der Waals surface area contributed by atoms with Crippen LogP contribution in [0.5, 0.6) is 0 Å². The number of aromatic nitrogens is 2. The van der Waals surface area contributed by atoms with E-state index in [2.05, 4.69) is 5.10 Å². The monoisotopic (exact) mass is 573 g/mol. The first kappa shape index (κ1) is 27.9. The number of carbonyl (C=O) groups excluding carboxylic acids is 1. The van der Waals surface area contributed by atoms with Crippen molar-refractivity contribution in [2.24, 2.45) is 5.73 Å². The number of hydrogen-bond donors (Lipinski definition) is 2. The number of fused-ring (bicyclic) bond motifs is 3. The van der Waals surface area contributed by atoms with E-state index < -0.39 is 23.1 Å². The molecule has 10 heteroatoms. The van der Waals surface area contributed by atoms with Crippen molar-refractivity contribution in [1.82, 2.24) is 14.7 Å². The highest BCUT2D eigenvalue weighted by atomic mass is 19.2. The van der Waals surface area contributed by atoms with Gasteiger partial charge in [0.05, 0.1) is 23.9 Å². The number of aliphatic hydroxyl groups is 1. The van der Waals surface area contributed by atoms with Crippen LogP contribution >= 0.6 is 0 Å². The molecule has 0 saturated carbocycles. The number of halogens is 3. The third-order valence-corrected chi connectivity index (χ3v) is 8.30. The van der Waals surface area contributed by atoms with Crippen LogP contribution in [-0.2, 0) is 6.54 Å². The second-order valence-corrected chi connectivity index (χ2v) is 12.0. The van der Waals surface area contributed by atoms with Crippen LogP contribution in [0.2, 0.25) is 0 Å². The van der Waals surface area contributed by atoms with Crippen LogP contribution in [0, 0.1) is 28.8 Å². The molecule has 2 aliphatic heterocycles. The molecule has 2 saturated heterocycles. The molecule has 0 spiro atoms. The van der Waals surface area contributed by atoms with Crippen molar-refractivity contribution in [2.75, 3.05) is 0 Å². The minimum atomic E-state index is -1.21. The fraction of sp³-hybridized carbons (Fsp3) is 0.344. The van der Waals surface area contributed by atoms with Gasteiger partial charge in [0.2, 0.25) is 0 Å². The normalized spacial score (nSPS) is 20.2. The Bertz CT molecular complexity index is 1760. The molecule has 6 rings (SSSR count). The van der Waals surface area contributed by atoms with E-state index in [0.29, 0.717) is 22.1 Å². The first-order valence-electron chi connectivity index (χ1n) is 13.9. The number of carbonyl (C=O) groups is 1. The van der Waals surface area contributed by atoms with Gasteiger partial charge in [0.1, 0.15) is 17.4 Å². The number of nitrogens with two attached hydrogens (primary N) is 1. The summed E-state index contributed by atoms with van der Waals surface area (Å²) in [5.41, 5.74) is 5.84. The van der Waals surface area contributed by atoms with E-state index in [1.165, 1.54) is 29.1 Å². The average Bonchev–Trinajstić information content (AvgIpc) is 3.46. The highest BCUT2D eigenvalue weighted by molar-refractivity contribution is 5.99. The molecule has 4 aromatic rings. The summed E-state index contributed by atoms with van der Waals surface area (Å²) >= 11 is 0. The van der Waals surface area contributed by atoms with Gasteiger partial charge in [-0.05, 0) is 86.6 Å². The molecule has 216 valence electrons. The largest absolute Gasteiger partial charge is 0.389 e. The van der Waals surface area contributed by atoms with Crippen molar-refractivity contribution in [3.8, 4) is 28.3 Å². The van der Waals surface area contributed by atoms with E-state index in [9.17, 15) is 19.6 Å². The number of benzene rings is 3. The van der Waals surface area contributed by atoms with Gasteiger partial charge in [-0.1, -0.05) is 12.1 Å². The SMILES string of the molecule is CC(C)(O)Cn1ncc2cc(-c3ccc(C(=O)N4[C@@H]5CC[C@H]4CC(N)C5)cc3-c3ccc(C#N)c(F)c3)c(F)c(F)c21. The van der Waals surface area contributed by atoms with Gasteiger partial charge in [0, 0.05) is 34.6 Å². The third-order valence-electron chi connectivity index (χ3n) is 8.30. The maximum atomic E-state index is 15.8. The molecule has 2 fully saturated rings. The summed E-state index contributed by atoms with van der Waals surface area (Å²) < 4.78 is 47.4. The molecule has 3 N–H and O–H groups in total. The quantitative estimate of drug-likeness (QED) is 0.327. The van der Waals surface area contributed by atoms with Gasteiger partial charge in [-0.15, -0.1) is 0 Å². The molecule has 7 nitrogen and oxygen atoms in total. The van der Waals surface area contributed by atoms with Gasteiger partial charge in [0.15, 0.2) is 11.6 Å². The fourth-order valence-electron chi connectivity index (χ4n) is 6.49. The lowest BCUT2D eigenvalue weighted by Gasteiger charge is -2.38. The van der Waals surface area contributed by atoms with Crippen molar-refractivity contribution >= 4 is 16.8 Å². The lowest BCUT2D eigenvalue weighted by atomic mass is 9.90. The topological polar surface area (TPSA) is 108 Å². The van der Waals surface area contributed by atoms with Gasteiger partial charge in [-0.3, -0.25) is 9.48 Å². The van der Waals surface area contributed by atoms with Crippen LogP contribution in [-0.4, -0.2) is 49.4 Å². The van der Waals surface area contributed by atoms with Crippen molar-refractivity contribution in [3.05, 3.63) is 77.2 Å². The zero-order chi connectivity index (χ0) is 29.9. The van der Waals surface area contributed by atoms with Crippen LogP contribution in [0.3, 0.4) is 0 Å². The van der Waals surface area contributed by atoms with Gasteiger partial charge < -0.3 is 15.7 Å². The van der Waals surface area contributed by atoms with Crippen LogP contribution in [0.25, 0.3) is 33.2 Å². The van der Waals surface area contributed by atoms with Crippen molar-refractivity contribution in [2.45, 2.75) is 69.8 Å². The number of rotatable bonds is 5. The highest BCUT2D eigenvalue weighted by Crippen LogP contribution is 2.40. The number of piperidine rings is 1. The summed E-state index contributed by atoms with van der Waals surface area (Å²) in [5.74, 6) is -3.23. The Morgan fingerprint density at radius 1 is 1.05 bits per heavy atom. The maximum absolute atomic E-state index is 15.8. The molecule has 2 aliphatic rings. The second kappa shape index (κ2) is 10.3. The predicted molar refractivity (Wildman–Crippen MR) is 152 cm³/mol. The second-order valence-electron chi connectivity index (χ2n) is 12.0. The summed E-state index contributed by atoms with van der Waals surface area (Å²) in [4.78, 5) is 15.7. The Kier molecular flexibility index (Phi) is 6.83. The van der Waals surface area contributed by atoms with E-state index in [4.69, 9.17) is 5.73 Å². The maximum Gasteiger partial charge on any atom is 0.254 e. The van der Waals surface area contributed by atoms with E-state index in [0.717, 1.165) is 31.7 Å². The first-order chi connectivity index (χ1) is 19.9. The van der Waals surface area contributed by atoms with Gasteiger partial charge in [0.25, 0.3) is 5.91 Å². The van der Waals surface area contributed by atoms with Crippen molar-refractivity contribution in [3.63, 3.8) is 0 Å². The lowest BCUT2D eigenvalue weighted by Crippen LogP contribution is -2.50. The summed E-state index contributed by atoms with van der Waals surface area (Å²) in [6, 6.07) is 12.0. The highest BCUT2D eigenvalue weighted by Gasteiger charge is 2.42. The molecule has 1 unspecified atom stereocenters. The summed E-state index contributed by atoms with van der Waals surface area (Å²) in [5, 5.41) is 23.9. The van der Waals surface area contributed by atoms with Crippen LogP contribution < -0.4 is 5.73 Å². The van der Waals surface area contributed by atoms with E-state index in [-0.39, 0.29) is 52.8 Å². The molecule has 0 aliphatic carbocycles. The molecule has 0 radical (unpaired) electrons. The Balaban J connectivity index is 1.50. The Labute approximate surface area is 241 Å². The van der Waals surface area contributed by atoms with E-state index in [1.54, 1.807) is 38.1 Å². The minimum absolute atomic E-state index is 0.0381. The standard InChI is InChI=1S/C32H30F3N5O2/c1-32(2,42)16-39-30-20(15-38-39)10-26(28(34)29(30)35)24-8-5-18(9-25(24)17-3-4-19(14-36)27(33)11-17)31(41)40-22-6-7-23(40)13-21(37)12-22/h3-5,8-11,15,21-23,42H,6-7,12-13,16,37H2,1-2H3/t21?,22-,23+. The Morgan fingerprint density at radius 2 is 1.76 bits per heavy atom. The first-order valence-corrected chi connectivity index (χ1v) is 13.9. The molecule has 3 heterocycles. The smallest absolute Gasteiger partial charge is 0.254 e. The molecule has 1 amide bonds. The predicted octanol–water partition coefficient (Wildman–Crippen LogP) is 5.52. The molecule has 3 aromatic carbocycles. The minimum Gasteiger partial charge on any atom is -0.389 e. The van der Waals surface area contributed by atoms with Gasteiger partial charge in [-0.2, -0.15) is 10.4 Å². The molecule has 1 aromatic heterocycles. The summed E-state index contributed by atoms with van der Waals surface area (Å²) in [6.45, 7) is 3.03. The van der Waals surface area contributed by atoms with E-state index >= 15 is 8.78 Å². The summed E-state index contributed by atoms with van der Waals surface area (Å²) in [7, 11) is 0. The van der Waals surface area contributed by atoms with Gasteiger partial charge in [-0.25, -0.2) is 13.2 Å². The zero-order valence-electron chi connectivity index (χ0n) is 23.2. The zero-order valence-corrected chi connectivity index (χ0v) is 23.2. The summed E-state index contributed by atoms with van der Waals surface area (Å²) in [6.07, 6.45) is 4.59. The molecular formula is C32H30F3N5O2. The third kappa shape index (κ3) is 4.82. The lowest BCUT2D eigenvalue weighted by molar-refractivity contribution is 0.0572. The Hall–Kier alpha value is -4.20. The van der Waals surface area contributed by atoms with Gasteiger partial charge >= 0.3 is 0 Å². The number of nitriles is 1. The van der Waals surface area contributed by atoms with Crippen LogP contribution in [0.4, 0.5) is 13.2 Å². The molecule has 42 heavy (non-hydrogen) atoms. The molecule has 2 bridgehead atoms. The van der Waals surface area contributed by atoms with E-state index in [1.807, 2.05) is 4.90 Å². The fourth-order valence-corrected chi connectivity index (χ4v) is 6.49. The van der Waals surface area contributed by atoms with Crippen LogP contribution in [0.15, 0.2) is 48.7 Å². The average molecular weight is 574 g/mol. The van der Waals surface area contributed by atoms with Crippen LogP contribution in [0.1, 0.15) is 55.5 Å². The number of nitrogens with zero attached hydrogens (tertiary/aromatic N) is 4. The number of amides is 1.